The Morgan fingerprint density at radius 1 is 1.53 bits per heavy atom. The summed E-state index contributed by atoms with van der Waals surface area (Å²) < 4.78 is 13.0. The summed E-state index contributed by atoms with van der Waals surface area (Å²) in [5, 5.41) is 11.8. The van der Waals surface area contributed by atoms with Crippen molar-refractivity contribution in [1.82, 2.24) is 0 Å². The third kappa shape index (κ3) is 3.25. The highest BCUT2D eigenvalue weighted by Gasteiger charge is 2.06. The molecule has 0 heterocycles. The lowest BCUT2D eigenvalue weighted by Gasteiger charge is -2.15. The average Bonchev–Trinajstić information content (AvgIpc) is 2.23. The van der Waals surface area contributed by atoms with E-state index in [1.807, 2.05) is 6.92 Å². The van der Waals surface area contributed by atoms with E-state index in [0.29, 0.717) is 12.0 Å². The summed E-state index contributed by atoms with van der Waals surface area (Å²) in [6.45, 7) is 3.75. The molecule has 0 aliphatic heterocycles. The van der Waals surface area contributed by atoms with E-state index in [9.17, 15) is 4.39 Å². The fourth-order valence-electron chi connectivity index (χ4n) is 1.38. The van der Waals surface area contributed by atoms with E-state index in [2.05, 4.69) is 11.4 Å². The van der Waals surface area contributed by atoms with Crippen LogP contribution in [0.3, 0.4) is 0 Å². The van der Waals surface area contributed by atoms with Crippen LogP contribution < -0.4 is 5.32 Å². The van der Waals surface area contributed by atoms with E-state index in [0.717, 1.165) is 12.1 Å². The first kappa shape index (κ1) is 11.5. The molecule has 0 bridgehead atoms. The van der Waals surface area contributed by atoms with Crippen LogP contribution in [0, 0.1) is 24.1 Å². The van der Waals surface area contributed by atoms with Crippen LogP contribution in [0.2, 0.25) is 0 Å². The van der Waals surface area contributed by atoms with Gasteiger partial charge in [0.1, 0.15) is 5.82 Å². The first-order chi connectivity index (χ1) is 7.17. The second kappa shape index (κ2) is 5.35. The predicted octanol–water partition coefficient (Wildman–Crippen LogP) is 3.24. The zero-order chi connectivity index (χ0) is 11.3. The molecule has 1 atom stereocenters. The van der Waals surface area contributed by atoms with Crippen LogP contribution in [0.4, 0.5) is 10.1 Å². The number of hydrogen-bond acceptors (Lipinski definition) is 2. The zero-order valence-electron chi connectivity index (χ0n) is 9.05. The normalized spacial score (nSPS) is 11.9. The number of benzene rings is 1. The Morgan fingerprint density at radius 2 is 2.27 bits per heavy atom. The summed E-state index contributed by atoms with van der Waals surface area (Å²) in [5.41, 5.74) is 1.49. The minimum atomic E-state index is -0.200. The van der Waals surface area contributed by atoms with Crippen molar-refractivity contribution in [2.75, 3.05) is 5.32 Å². The molecule has 3 heteroatoms. The molecule has 0 aliphatic rings. The predicted molar refractivity (Wildman–Crippen MR) is 59.1 cm³/mol. The topological polar surface area (TPSA) is 35.8 Å². The van der Waals surface area contributed by atoms with Crippen LogP contribution in [0.25, 0.3) is 0 Å². The Hall–Kier alpha value is -1.56. The minimum absolute atomic E-state index is 0.139. The molecule has 0 amide bonds. The van der Waals surface area contributed by atoms with Crippen molar-refractivity contribution in [3.05, 3.63) is 29.6 Å². The summed E-state index contributed by atoms with van der Waals surface area (Å²) in [7, 11) is 0. The van der Waals surface area contributed by atoms with Gasteiger partial charge in [-0.25, -0.2) is 4.39 Å². The molecule has 0 fully saturated rings. The number of anilines is 1. The first-order valence-corrected chi connectivity index (χ1v) is 5.07. The lowest BCUT2D eigenvalue weighted by Crippen LogP contribution is -2.17. The quantitative estimate of drug-likeness (QED) is 0.820. The summed E-state index contributed by atoms with van der Waals surface area (Å²) in [6, 6.07) is 7.16. The van der Waals surface area contributed by atoms with Crippen molar-refractivity contribution in [1.29, 1.82) is 5.26 Å². The van der Waals surface area contributed by atoms with Gasteiger partial charge >= 0.3 is 0 Å². The van der Waals surface area contributed by atoms with Gasteiger partial charge in [-0.1, -0.05) is 6.92 Å². The van der Waals surface area contributed by atoms with Gasteiger partial charge in [0, 0.05) is 11.7 Å². The van der Waals surface area contributed by atoms with Crippen LogP contribution in [0.5, 0.6) is 0 Å². The molecule has 0 saturated heterocycles. The van der Waals surface area contributed by atoms with E-state index in [4.69, 9.17) is 5.26 Å². The number of nitrogens with one attached hydrogen (secondary N) is 1. The number of rotatable bonds is 4. The largest absolute Gasteiger partial charge is 0.381 e. The second-order valence-electron chi connectivity index (χ2n) is 3.58. The van der Waals surface area contributed by atoms with Gasteiger partial charge in [-0.3, -0.25) is 0 Å². The fourth-order valence-corrected chi connectivity index (χ4v) is 1.38. The monoisotopic (exact) mass is 206 g/mol. The fraction of sp³-hybridized carbons (Fsp3) is 0.417. The van der Waals surface area contributed by atoms with Crippen LogP contribution in [0.1, 0.15) is 25.3 Å². The van der Waals surface area contributed by atoms with Gasteiger partial charge in [0.15, 0.2) is 0 Å². The molecule has 0 radical (unpaired) electrons. The highest BCUT2D eigenvalue weighted by Crippen LogP contribution is 2.16. The Balaban J connectivity index is 2.71. The van der Waals surface area contributed by atoms with Crippen molar-refractivity contribution in [2.45, 2.75) is 32.7 Å². The second-order valence-corrected chi connectivity index (χ2v) is 3.58. The first-order valence-electron chi connectivity index (χ1n) is 5.07. The van der Waals surface area contributed by atoms with E-state index < -0.39 is 0 Å². The zero-order valence-corrected chi connectivity index (χ0v) is 9.05. The molecule has 1 unspecified atom stereocenters. The molecule has 1 N–H and O–H groups in total. The lowest BCUT2D eigenvalue weighted by molar-refractivity contribution is 0.618. The smallest absolute Gasteiger partial charge is 0.126 e. The summed E-state index contributed by atoms with van der Waals surface area (Å²) in [5.74, 6) is -0.200. The summed E-state index contributed by atoms with van der Waals surface area (Å²) >= 11 is 0. The lowest BCUT2D eigenvalue weighted by atomic mass is 10.1. The van der Waals surface area contributed by atoms with Crippen LogP contribution in [-0.2, 0) is 0 Å². The molecule has 1 aromatic carbocycles. The standard InChI is InChI=1S/C12H15FN2/c1-3-10(6-7-14)15-11-4-5-12(13)9(2)8-11/h4-5,8,10,15H,3,6H2,1-2H3. The van der Waals surface area contributed by atoms with Crippen LogP contribution >= 0.6 is 0 Å². The molecule has 0 aliphatic carbocycles. The molecular weight excluding hydrogens is 191 g/mol. The number of nitrogens with zero attached hydrogens (tertiary/aromatic N) is 1. The van der Waals surface area contributed by atoms with Gasteiger partial charge < -0.3 is 5.32 Å². The summed E-state index contributed by atoms with van der Waals surface area (Å²) in [6.07, 6.45) is 1.34. The molecule has 0 spiro atoms. The van der Waals surface area contributed by atoms with Crippen LogP contribution in [-0.4, -0.2) is 6.04 Å². The molecule has 0 aromatic heterocycles. The maximum atomic E-state index is 13.0. The van der Waals surface area contributed by atoms with Gasteiger partial charge in [-0.15, -0.1) is 0 Å². The SMILES string of the molecule is CCC(CC#N)Nc1ccc(F)c(C)c1. The highest BCUT2D eigenvalue weighted by atomic mass is 19.1. The Kier molecular flexibility index (Phi) is 4.11. The van der Waals surface area contributed by atoms with Crippen molar-refractivity contribution in [3.63, 3.8) is 0 Å². The van der Waals surface area contributed by atoms with E-state index in [-0.39, 0.29) is 11.9 Å². The maximum absolute atomic E-state index is 13.0. The third-order valence-electron chi connectivity index (χ3n) is 2.36. The number of nitriles is 1. The molecule has 1 rings (SSSR count). The van der Waals surface area contributed by atoms with E-state index in [1.54, 1.807) is 19.1 Å². The summed E-state index contributed by atoms with van der Waals surface area (Å²) in [4.78, 5) is 0. The number of halogens is 1. The van der Waals surface area contributed by atoms with Crippen molar-refractivity contribution < 1.29 is 4.39 Å². The maximum Gasteiger partial charge on any atom is 0.126 e. The number of aryl methyl sites for hydroxylation is 1. The van der Waals surface area contributed by atoms with Crippen molar-refractivity contribution in [3.8, 4) is 6.07 Å². The van der Waals surface area contributed by atoms with Gasteiger partial charge in [0.25, 0.3) is 0 Å². The molecule has 0 saturated carbocycles. The van der Waals surface area contributed by atoms with Crippen molar-refractivity contribution >= 4 is 5.69 Å². The van der Waals surface area contributed by atoms with Crippen molar-refractivity contribution in [2.24, 2.45) is 0 Å². The van der Waals surface area contributed by atoms with Gasteiger partial charge in [0.05, 0.1) is 12.5 Å². The molecular formula is C12H15FN2. The molecule has 2 nitrogen and oxygen atoms in total. The Morgan fingerprint density at radius 3 is 2.80 bits per heavy atom. The molecule has 15 heavy (non-hydrogen) atoms. The number of hydrogen-bond donors (Lipinski definition) is 1. The molecule has 1 aromatic rings. The Bertz CT molecular complexity index is 368. The van der Waals surface area contributed by atoms with Gasteiger partial charge in [-0.2, -0.15) is 5.26 Å². The van der Waals surface area contributed by atoms with Gasteiger partial charge in [0.2, 0.25) is 0 Å². The average molecular weight is 206 g/mol. The third-order valence-corrected chi connectivity index (χ3v) is 2.36. The Labute approximate surface area is 89.7 Å². The van der Waals surface area contributed by atoms with Crippen LogP contribution in [0.15, 0.2) is 18.2 Å². The van der Waals surface area contributed by atoms with E-state index >= 15 is 0 Å². The minimum Gasteiger partial charge on any atom is -0.381 e. The van der Waals surface area contributed by atoms with Gasteiger partial charge in [-0.05, 0) is 37.1 Å². The highest BCUT2D eigenvalue weighted by molar-refractivity contribution is 5.46. The van der Waals surface area contributed by atoms with E-state index in [1.165, 1.54) is 6.07 Å². The molecule has 80 valence electrons.